The van der Waals surface area contributed by atoms with Crippen molar-refractivity contribution in [3.63, 3.8) is 0 Å². The molecule has 2 aromatic rings. The molecule has 0 atom stereocenters. The van der Waals surface area contributed by atoms with Gasteiger partial charge in [-0.1, -0.05) is 12.1 Å². The summed E-state index contributed by atoms with van der Waals surface area (Å²) in [7, 11) is 0. The molecule has 1 aliphatic rings. The predicted octanol–water partition coefficient (Wildman–Crippen LogP) is 2.95. The molecule has 0 aliphatic carbocycles. The molecule has 0 bridgehead atoms. The summed E-state index contributed by atoms with van der Waals surface area (Å²) in [5.41, 5.74) is 0.953. The maximum atomic E-state index is 12.4. The average Bonchev–Trinajstić information content (AvgIpc) is 3.25. The van der Waals surface area contributed by atoms with Gasteiger partial charge in [-0.15, -0.1) is 0 Å². The van der Waals surface area contributed by atoms with Crippen molar-refractivity contribution in [1.82, 2.24) is 5.32 Å². The molecule has 1 fully saturated rings. The van der Waals surface area contributed by atoms with E-state index in [1.807, 2.05) is 4.90 Å². The van der Waals surface area contributed by atoms with Crippen LogP contribution >= 0.6 is 0 Å². The number of hydrogen-bond donors (Lipinski definition) is 2. The molecule has 29 heavy (non-hydrogen) atoms. The van der Waals surface area contributed by atoms with Crippen molar-refractivity contribution < 1.29 is 14.6 Å². The number of nitrogens with zero attached hydrogens (tertiary/aromatic N) is 3. The minimum atomic E-state index is -0.484. The minimum Gasteiger partial charge on any atom is -0.378 e. The Morgan fingerprint density at radius 3 is 2.34 bits per heavy atom. The molecule has 3 rings (SSSR count). The van der Waals surface area contributed by atoms with Crippen LogP contribution in [0.15, 0.2) is 42.5 Å². The zero-order valence-corrected chi connectivity index (χ0v) is 15.7. The van der Waals surface area contributed by atoms with E-state index >= 15 is 0 Å². The molecule has 0 spiro atoms. The molecular formula is C19H21N5O5. The van der Waals surface area contributed by atoms with Crippen molar-refractivity contribution in [1.29, 1.82) is 0 Å². The van der Waals surface area contributed by atoms with Gasteiger partial charge in [-0.3, -0.25) is 25.0 Å². The fraction of sp³-hybridized carbons (Fsp3) is 0.316. The summed E-state index contributed by atoms with van der Waals surface area (Å²) in [5.74, 6) is -0.439. The topological polar surface area (TPSA) is 131 Å². The van der Waals surface area contributed by atoms with E-state index in [0.717, 1.165) is 25.9 Å². The molecule has 0 unspecified atom stereocenters. The van der Waals surface area contributed by atoms with E-state index in [-0.39, 0.29) is 30.0 Å². The van der Waals surface area contributed by atoms with Crippen molar-refractivity contribution in [2.24, 2.45) is 0 Å². The van der Waals surface area contributed by atoms with Crippen LogP contribution in [0.5, 0.6) is 0 Å². The number of nitro groups is 2. The van der Waals surface area contributed by atoms with Crippen LogP contribution in [-0.4, -0.2) is 41.9 Å². The lowest BCUT2D eigenvalue weighted by Gasteiger charge is -2.17. The molecule has 1 heterocycles. The lowest BCUT2D eigenvalue weighted by atomic mass is 10.1. The van der Waals surface area contributed by atoms with Gasteiger partial charge < -0.3 is 15.5 Å². The van der Waals surface area contributed by atoms with Crippen molar-refractivity contribution in [3.8, 4) is 0 Å². The van der Waals surface area contributed by atoms with Gasteiger partial charge >= 0.3 is 0 Å². The van der Waals surface area contributed by atoms with Crippen LogP contribution in [0.3, 0.4) is 0 Å². The SMILES string of the molecule is O=C(NCCNc1ccccc1[N+](=O)[O-])c1ccc(N2CCCC2)c([N+](=O)[O-])c1. The van der Waals surface area contributed by atoms with Gasteiger partial charge in [-0.25, -0.2) is 0 Å². The molecular weight excluding hydrogens is 378 g/mol. The number of amides is 1. The van der Waals surface area contributed by atoms with E-state index in [2.05, 4.69) is 10.6 Å². The lowest BCUT2D eigenvalue weighted by molar-refractivity contribution is -0.384. The highest BCUT2D eigenvalue weighted by Gasteiger charge is 2.23. The molecule has 0 saturated carbocycles. The van der Waals surface area contributed by atoms with Crippen LogP contribution in [0.25, 0.3) is 0 Å². The summed E-state index contributed by atoms with van der Waals surface area (Å²) in [6.07, 6.45) is 1.98. The summed E-state index contributed by atoms with van der Waals surface area (Å²) in [6.45, 7) is 2.00. The number of rotatable bonds is 8. The third kappa shape index (κ3) is 4.78. The first-order chi connectivity index (χ1) is 14.0. The molecule has 0 aromatic heterocycles. The number of anilines is 2. The molecule has 2 aromatic carbocycles. The van der Waals surface area contributed by atoms with Gasteiger partial charge in [-0.05, 0) is 31.0 Å². The van der Waals surface area contributed by atoms with Crippen LogP contribution in [0.1, 0.15) is 23.2 Å². The normalized spacial score (nSPS) is 13.2. The Morgan fingerprint density at radius 2 is 1.66 bits per heavy atom. The summed E-state index contributed by atoms with van der Waals surface area (Å²) in [6, 6.07) is 10.7. The first-order valence-electron chi connectivity index (χ1n) is 9.26. The second kappa shape index (κ2) is 9.00. The summed E-state index contributed by atoms with van der Waals surface area (Å²) >= 11 is 0. The zero-order valence-electron chi connectivity index (χ0n) is 15.7. The van der Waals surface area contributed by atoms with Crippen LogP contribution in [0.2, 0.25) is 0 Å². The van der Waals surface area contributed by atoms with Gasteiger partial charge in [0.2, 0.25) is 0 Å². The molecule has 10 heteroatoms. The molecule has 0 radical (unpaired) electrons. The first kappa shape index (κ1) is 20.1. The van der Waals surface area contributed by atoms with Gasteiger partial charge in [0.25, 0.3) is 17.3 Å². The lowest BCUT2D eigenvalue weighted by Crippen LogP contribution is -2.29. The highest BCUT2D eigenvalue weighted by molar-refractivity contribution is 5.95. The molecule has 1 aliphatic heterocycles. The van der Waals surface area contributed by atoms with Crippen molar-refractivity contribution in [2.45, 2.75) is 12.8 Å². The van der Waals surface area contributed by atoms with Gasteiger partial charge in [0, 0.05) is 43.9 Å². The van der Waals surface area contributed by atoms with E-state index in [1.54, 1.807) is 30.3 Å². The Hall–Kier alpha value is -3.69. The Morgan fingerprint density at radius 1 is 0.966 bits per heavy atom. The van der Waals surface area contributed by atoms with E-state index in [9.17, 15) is 25.0 Å². The summed E-state index contributed by atoms with van der Waals surface area (Å²) in [5, 5.41) is 28.0. The van der Waals surface area contributed by atoms with E-state index in [4.69, 9.17) is 0 Å². The number of carbonyl (C=O) groups excluding carboxylic acids is 1. The van der Waals surface area contributed by atoms with Crippen molar-refractivity contribution in [3.05, 3.63) is 68.3 Å². The number of carbonyl (C=O) groups is 1. The maximum absolute atomic E-state index is 12.4. The molecule has 1 saturated heterocycles. The maximum Gasteiger partial charge on any atom is 0.293 e. The molecule has 152 valence electrons. The number of benzene rings is 2. The monoisotopic (exact) mass is 399 g/mol. The van der Waals surface area contributed by atoms with E-state index < -0.39 is 15.8 Å². The quantitative estimate of drug-likeness (QED) is 0.396. The number of para-hydroxylation sites is 2. The fourth-order valence-electron chi connectivity index (χ4n) is 3.29. The van der Waals surface area contributed by atoms with Gasteiger partial charge in [-0.2, -0.15) is 0 Å². The van der Waals surface area contributed by atoms with Gasteiger partial charge in [0.1, 0.15) is 11.4 Å². The van der Waals surface area contributed by atoms with Crippen molar-refractivity contribution >= 4 is 28.7 Å². The zero-order chi connectivity index (χ0) is 20.8. The minimum absolute atomic E-state index is 0.0491. The highest BCUT2D eigenvalue weighted by atomic mass is 16.6. The second-order valence-electron chi connectivity index (χ2n) is 6.61. The number of nitrogens with one attached hydrogen (secondary N) is 2. The highest BCUT2D eigenvalue weighted by Crippen LogP contribution is 2.31. The summed E-state index contributed by atoms with van der Waals surface area (Å²) in [4.78, 5) is 35.8. The Kier molecular flexibility index (Phi) is 6.22. The van der Waals surface area contributed by atoms with Crippen LogP contribution in [-0.2, 0) is 0 Å². The third-order valence-electron chi connectivity index (χ3n) is 4.71. The van der Waals surface area contributed by atoms with Crippen LogP contribution < -0.4 is 15.5 Å². The number of nitro benzene ring substituents is 2. The Bertz CT molecular complexity index is 927. The standard InChI is InChI=1S/C19H21N5O5/c25-19(21-10-9-20-15-5-1-2-6-16(15)23(26)27)14-7-8-17(18(13-14)24(28)29)22-11-3-4-12-22/h1-2,5-8,13,20H,3-4,9-12H2,(H,21,25). The van der Waals surface area contributed by atoms with Gasteiger partial charge in [0.15, 0.2) is 0 Å². The first-order valence-corrected chi connectivity index (χ1v) is 9.26. The Balaban J connectivity index is 1.60. The molecule has 10 nitrogen and oxygen atoms in total. The predicted molar refractivity (Wildman–Crippen MR) is 108 cm³/mol. The van der Waals surface area contributed by atoms with E-state index in [0.29, 0.717) is 11.4 Å². The average molecular weight is 399 g/mol. The molecule has 2 N–H and O–H groups in total. The summed E-state index contributed by atoms with van der Waals surface area (Å²) < 4.78 is 0. The Labute approximate surface area is 166 Å². The largest absolute Gasteiger partial charge is 0.378 e. The van der Waals surface area contributed by atoms with Crippen LogP contribution in [0.4, 0.5) is 22.7 Å². The van der Waals surface area contributed by atoms with Crippen molar-refractivity contribution in [2.75, 3.05) is 36.4 Å². The second-order valence-corrected chi connectivity index (χ2v) is 6.61. The molecule has 1 amide bonds. The fourth-order valence-corrected chi connectivity index (χ4v) is 3.29. The van der Waals surface area contributed by atoms with Crippen LogP contribution in [0, 0.1) is 20.2 Å². The number of hydrogen-bond acceptors (Lipinski definition) is 7. The smallest absolute Gasteiger partial charge is 0.293 e. The van der Waals surface area contributed by atoms with Gasteiger partial charge in [0.05, 0.1) is 9.85 Å². The van der Waals surface area contributed by atoms with E-state index in [1.165, 1.54) is 12.1 Å². The third-order valence-corrected chi connectivity index (χ3v) is 4.71.